The summed E-state index contributed by atoms with van der Waals surface area (Å²) in [5, 5.41) is 10.6. The number of carbonyl (C=O) groups is 1. The molecule has 0 unspecified atom stereocenters. The Labute approximate surface area is 132 Å². The number of amides is 1. The van der Waals surface area contributed by atoms with E-state index in [-0.39, 0.29) is 11.9 Å². The van der Waals surface area contributed by atoms with Gasteiger partial charge in [-0.3, -0.25) is 9.36 Å². The van der Waals surface area contributed by atoms with E-state index in [1.807, 2.05) is 43.0 Å². The fourth-order valence-corrected chi connectivity index (χ4v) is 3.61. The first kappa shape index (κ1) is 15.8. The third-order valence-electron chi connectivity index (χ3n) is 2.93. The molecule has 0 fully saturated rings. The van der Waals surface area contributed by atoms with Crippen molar-refractivity contribution in [3.8, 4) is 0 Å². The number of rotatable bonds is 6. The van der Waals surface area contributed by atoms with Crippen LogP contribution in [0.2, 0.25) is 0 Å². The van der Waals surface area contributed by atoms with E-state index in [4.69, 9.17) is 5.73 Å². The monoisotopic (exact) mass is 325 g/mol. The number of thiophene rings is 1. The van der Waals surface area contributed by atoms with Crippen LogP contribution in [0.25, 0.3) is 0 Å². The molecule has 0 spiro atoms. The first-order chi connectivity index (χ1) is 9.99. The summed E-state index contributed by atoms with van der Waals surface area (Å²) < 4.78 is 1.83. The molecule has 21 heavy (non-hydrogen) atoms. The molecule has 0 aliphatic heterocycles. The van der Waals surface area contributed by atoms with Crippen molar-refractivity contribution in [1.82, 2.24) is 19.7 Å². The van der Waals surface area contributed by atoms with Crippen LogP contribution < -0.4 is 5.73 Å². The highest BCUT2D eigenvalue weighted by atomic mass is 32.2. The van der Waals surface area contributed by atoms with Gasteiger partial charge in [0, 0.05) is 18.0 Å². The van der Waals surface area contributed by atoms with E-state index in [0.29, 0.717) is 23.4 Å². The SMILES string of the molecule is CC(C)n1c(N)nnc1SCC(=O)N(C)Cc1cccs1. The Hall–Kier alpha value is -1.54. The fourth-order valence-electron chi connectivity index (χ4n) is 1.83. The maximum absolute atomic E-state index is 12.2. The second-order valence-electron chi connectivity index (χ2n) is 4.92. The second-order valence-corrected chi connectivity index (χ2v) is 6.90. The van der Waals surface area contributed by atoms with Crippen molar-refractivity contribution in [3.05, 3.63) is 22.4 Å². The van der Waals surface area contributed by atoms with Gasteiger partial charge in [-0.05, 0) is 25.3 Å². The molecule has 0 radical (unpaired) electrons. The van der Waals surface area contributed by atoms with Crippen LogP contribution in [-0.4, -0.2) is 38.4 Å². The third-order valence-corrected chi connectivity index (χ3v) is 4.72. The normalized spacial score (nSPS) is 11.0. The summed E-state index contributed by atoms with van der Waals surface area (Å²) >= 11 is 3.02. The Kier molecular flexibility index (Phi) is 5.24. The van der Waals surface area contributed by atoms with Gasteiger partial charge in [-0.1, -0.05) is 17.8 Å². The van der Waals surface area contributed by atoms with Crippen molar-refractivity contribution in [3.63, 3.8) is 0 Å². The van der Waals surface area contributed by atoms with Gasteiger partial charge in [-0.2, -0.15) is 0 Å². The number of aromatic nitrogens is 3. The molecule has 1 amide bonds. The zero-order chi connectivity index (χ0) is 15.4. The lowest BCUT2D eigenvalue weighted by Crippen LogP contribution is -2.27. The molecule has 2 aromatic rings. The van der Waals surface area contributed by atoms with E-state index < -0.39 is 0 Å². The molecule has 2 aromatic heterocycles. The lowest BCUT2D eigenvalue weighted by molar-refractivity contribution is -0.127. The van der Waals surface area contributed by atoms with Crippen LogP contribution in [-0.2, 0) is 11.3 Å². The van der Waals surface area contributed by atoms with Gasteiger partial charge in [0.25, 0.3) is 0 Å². The standard InChI is InChI=1S/C13H19N5OS2/c1-9(2)18-12(14)15-16-13(18)21-8-11(19)17(3)7-10-5-4-6-20-10/h4-6,9H,7-8H2,1-3H3,(H2,14,15). The topological polar surface area (TPSA) is 77.0 Å². The van der Waals surface area contributed by atoms with E-state index in [0.717, 1.165) is 0 Å². The smallest absolute Gasteiger partial charge is 0.233 e. The minimum Gasteiger partial charge on any atom is -0.368 e. The maximum atomic E-state index is 12.2. The number of nitrogens with two attached hydrogens (primary N) is 1. The first-order valence-corrected chi connectivity index (χ1v) is 8.45. The van der Waals surface area contributed by atoms with Crippen molar-refractivity contribution in [2.24, 2.45) is 0 Å². The van der Waals surface area contributed by atoms with Gasteiger partial charge in [0.2, 0.25) is 11.9 Å². The molecule has 0 saturated carbocycles. The molecule has 2 heterocycles. The second kappa shape index (κ2) is 6.95. The molecule has 2 N–H and O–H groups in total. The number of carbonyl (C=O) groups excluding carboxylic acids is 1. The number of nitrogen functional groups attached to an aromatic ring is 1. The van der Waals surface area contributed by atoms with Crippen LogP contribution in [0.1, 0.15) is 24.8 Å². The Morgan fingerprint density at radius 2 is 2.29 bits per heavy atom. The number of nitrogens with zero attached hydrogens (tertiary/aromatic N) is 4. The molecule has 8 heteroatoms. The van der Waals surface area contributed by atoms with Crippen LogP contribution in [0.15, 0.2) is 22.7 Å². The molecule has 0 aromatic carbocycles. The molecule has 0 bridgehead atoms. The van der Waals surface area contributed by atoms with Gasteiger partial charge < -0.3 is 10.6 Å². The predicted octanol–water partition coefficient (Wildman–Crippen LogP) is 2.25. The Balaban J connectivity index is 1.92. The summed E-state index contributed by atoms with van der Waals surface area (Å²) in [6.07, 6.45) is 0. The molecular formula is C13H19N5OS2. The van der Waals surface area contributed by atoms with Crippen LogP contribution in [0.5, 0.6) is 0 Å². The number of anilines is 1. The average molecular weight is 325 g/mol. The zero-order valence-electron chi connectivity index (χ0n) is 12.3. The number of hydrogen-bond donors (Lipinski definition) is 1. The summed E-state index contributed by atoms with van der Waals surface area (Å²) in [6.45, 7) is 4.65. The number of hydrogen-bond acceptors (Lipinski definition) is 6. The molecule has 0 atom stereocenters. The van der Waals surface area contributed by atoms with Gasteiger partial charge in [-0.15, -0.1) is 21.5 Å². The molecule has 0 aliphatic rings. The lowest BCUT2D eigenvalue weighted by atomic mass is 10.4. The largest absolute Gasteiger partial charge is 0.368 e. The fraction of sp³-hybridized carbons (Fsp3) is 0.462. The van der Waals surface area contributed by atoms with E-state index in [1.54, 1.807) is 16.2 Å². The van der Waals surface area contributed by atoms with Crippen LogP contribution in [0.4, 0.5) is 5.95 Å². The van der Waals surface area contributed by atoms with Crippen LogP contribution in [0, 0.1) is 0 Å². The van der Waals surface area contributed by atoms with Crippen molar-refractivity contribution in [2.75, 3.05) is 18.5 Å². The van der Waals surface area contributed by atoms with Gasteiger partial charge in [-0.25, -0.2) is 0 Å². The van der Waals surface area contributed by atoms with Gasteiger partial charge >= 0.3 is 0 Å². The van der Waals surface area contributed by atoms with Crippen LogP contribution >= 0.6 is 23.1 Å². The van der Waals surface area contributed by atoms with E-state index in [2.05, 4.69) is 10.2 Å². The van der Waals surface area contributed by atoms with Crippen LogP contribution in [0.3, 0.4) is 0 Å². The molecule has 114 valence electrons. The average Bonchev–Trinajstić information content (AvgIpc) is 3.05. The molecule has 0 saturated heterocycles. The summed E-state index contributed by atoms with van der Waals surface area (Å²) in [6, 6.07) is 4.18. The van der Waals surface area contributed by atoms with Gasteiger partial charge in [0.15, 0.2) is 5.16 Å². The van der Waals surface area contributed by atoms with E-state index in [9.17, 15) is 4.79 Å². The summed E-state index contributed by atoms with van der Waals surface area (Å²) in [7, 11) is 1.81. The minimum absolute atomic E-state index is 0.0604. The summed E-state index contributed by atoms with van der Waals surface area (Å²) in [5.41, 5.74) is 5.78. The first-order valence-electron chi connectivity index (χ1n) is 6.58. The number of thioether (sulfide) groups is 1. The van der Waals surface area contributed by atoms with Gasteiger partial charge in [0.1, 0.15) is 0 Å². The molecular weight excluding hydrogens is 306 g/mol. The highest BCUT2D eigenvalue weighted by Gasteiger charge is 2.16. The lowest BCUT2D eigenvalue weighted by Gasteiger charge is -2.16. The zero-order valence-corrected chi connectivity index (χ0v) is 13.9. The Morgan fingerprint density at radius 1 is 1.52 bits per heavy atom. The van der Waals surface area contributed by atoms with E-state index >= 15 is 0 Å². The minimum atomic E-state index is 0.0604. The Bertz CT molecular complexity index is 594. The molecule has 6 nitrogen and oxygen atoms in total. The summed E-state index contributed by atoms with van der Waals surface area (Å²) in [5.74, 6) is 0.768. The van der Waals surface area contributed by atoms with Crippen molar-refractivity contribution < 1.29 is 4.79 Å². The van der Waals surface area contributed by atoms with Crippen molar-refractivity contribution >= 4 is 35.0 Å². The van der Waals surface area contributed by atoms with E-state index in [1.165, 1.54) is 16.6 Å². The van der Waals surface area contributed by atoms with Gasteiger partial charge in [0.05, 0.1) is 12.3 Å². The predicted molar refractivity (Wildman–Crippen MR) is 86.3 cm³/mol. The third kappa shape index (κ3) is 3.98. The maximum Gasteiger partial charge on any atom is 0.233 e. The highest BCUT2D eigenvalue weighted by molar-refractivity contribution is 7.99. The quantitative estimate of drug-likeness (QED) is 0.824. The molecule has 0 aliphatic carbocycles. The summed E-state index contributed by atoms with van der Waals surface area (Å²) in [4.78, 5) is 15.0. The van der Waals surface area contributed by atoms with Crippen molar-refractivity contribution in [1.29, 1.82) is 0 Å². The van der Waals surface area contributed by atoms with Crippen molar-refractivity contribution in [2.45, 2.75) is 31.6 Å². The molecule has 2 rings (SSSR count). The Morgan fingerprint density at radius 3 is 2.90 bits per heavy atom. The highest BCUT2D eigenvalue weighted by Crippen LogP contribution is 2.23.